The highest BCUT2D eigenvalue weighted by molar-refractivity contribution is 5.93. The van der Waals surface area contributed by atoms with E-state index in [2.05, 4.69) is 75.4 Å². The summed E-state index contributed by atoms with van der Waals surface area (Å²) in [6.45, 7) is 3.96. The van der Waals surface area contributed by atoms with Crippen molar-refractivity contribution < 1.29 is 4.42 Å². The Morgan fingerprint density at radius 3 is 2.29 bits per heavy atom. The molecule has 1 N–H and O–H groups in total. The fourth-order valence-electron chi connectivity index (χ4n) is 4.32. The van der Waals surface area contributed by atoms with Gasteiger partial charge in [-0.2, -0.15) is 0 Å². The van der Waals surface area contributed by atoms with Crippen molar-refractivity contribution in [2.45, 2.75) is 19.9 Å². The zero-order valence-corrected chi connectivity index (χ0v) is 17.8. The zero-order valence-electron chi connectivity index (χ0n) is 17.8. The van der Waals surface area contributed by atoms with Crippen molar-refractivity contribution >= 4 is 16.9 Å². The summed E-state index contributed by atoms with van der Waals surface area (Å²) >= 11 is 0. The lowest BCUT2D eigenvalue weighted by Gasteiger charge is -2.20. The van der Waals surface area contributed by atoms with Gasteiger partial charge in [-0.3, -0.25) is 0 Å². The van der Waals surface area contributed by atoms with Crippen LogP contribution in [-0.4, -0.2) is 14.5 Å². The van der Waals surface area contributed by atoms with Crippen LogP contribution in [0.25, 0.3) is 22.2 Å². The molecule has 154 valence electrons. The molecule has 0 radical (unpaired) electrons. The van der Waals surface area contributed by atoms with Crippen LogP contribution < -0.4 is 5.32 Å². The number of fused-ring (bicyclic) bond motifs is 1. The summed E-state index contributed by atoms with van der Waals surface area (Å²) in [5.74, 6) is 1.40. The van der Waals surface area contributed by atoms with E-state index in [1.54, 1.807) is 6.26 Å². The van der Waals surface area contributed by atoms with Crippen molar-refractivity contribution in [1.82, 2.24) is 14.5 Å². The molecule has 0 aliphatic rings. The van der Waals surface area contributed by atoms with Crippen LogP contribution in [0.3, 0.4) is 0 Å². The lowest BCUT2D eigenvalue weighted by molar-refractivity contribution is 0.499. The van der Waals surface area contributed by atoms with E-state index in [0.29, 0.717) is 5.95 Å². The highest BCUT2D eigenvalue weighted by Gasteiger charge is 2.27. The first kappa shape index (κ1) is 19.1. The van der Waals surface area contributed by atoms with Crippen molar-refractivity contribution in [3.05, 3.63) is 102 Å². The van der Waals surface area contributed by atoms with Crippen LogP contribution in [0, 0.1) is 13.8 Å². The summed E-state index contributed by atoms with van der Waals surface area (Å²) in [7, 11) is 2.11. The van der Waals surface area contributed by atoms with E-state index in [9.17, 15) is 0 Å². The van der Waals surface area contributed by atoms with Crippen LogP contribution in [0.2, 0.25) is 0 Å². The molecule has 3 heterocycles. The number of benzene rings is 2. The predicted molar refractivity (Wildman–Crippen MR) is 124 cm³/mol. The summed E-state index contributed by atoms with van der Waals surface area (Å²) in [6.07, 6.45) is 1.71. The van der Waals surface area contributed by atoms with Gasteiger partial charge in [-0.25, -0.2) is 9.97 Å². The number of nitrogens with one attached hydrogen (secondary N) is 1. The minimum absolute atomic E-state index is 0.252. The van der Waals surface area contributed by atoms with Gasteiger partial charge in [-0.15, -0.1) is 0 Å². The molecule has 0 saturated carbocycles. The molecule has 0 bridgehead atoms. The Balaban J connectivity index is 1.77. The number of aryl methyl sites for hydroxylation is 3. The van der Waals surface area contributed by atoms with E-state index in [1.165, 1.54) is 5.39 Å². The van der Waals surface area contributed by atoms with Gasteiger partial charge >= 0.3 is 0 Å². The van der Waals surface area contributed by atoms with Crippen molar-refractivity contribution in [2.24, 2.45) is 7.05 Å². The fourth-order valence-corrected chi connectivity index (χ4v) is 4.32. The third-order valence-electron chi connectivity index (χ3n) is 5.57. The standard InChI is InChI=1S/C26H24N4O/c1-17-16-18(2)28-26(27-17)29-24(22-14-9-15-31-22)23-20-12-7-8-13-21(20)30(3)25(23)19-10-5-4-6-11-19/h4-16,24H,1-3H3,(H,27,28,29). The van der Waals surface area contributed by atoms with E-state index in [4.69, 9.17) is 4.42 Å². The number of nitrogens with zero attached hydrogens (tertiary/aromatic N) is 3. The number of anilines is 1. The Morgan fingerprint density at radius 1 is 0.871 bits per heavy atom. The summed E-state index contributed by atoms with van der Waals surface area (Å²) in [5, 5.41) is 4.73. The van der Waals surface area contributed by atoms with Gasteiger partial charge in [-0.05, 0) is 43.7 Å². The van der Waals surface area contributed by atoms with E-state index >= 15 is 0 Å². The minimum Gasteiger partial charge on any atom is -0.467 e. The number of aromatic nitrogens is 3. The Morgan fingerprint density at radius 2 is 1.58 bits per heavy atom. The molecule has 1 unspecified atom stereocenters. The Hall–Kier alpha value is -3.86. The lowest BCUT2D eigenvalue weighted by atomic mass is 9.97. The highest BCUT2D eigenvalue weighted by Crippen LogP contribution is 2.40. The van der Waals surface area contributed by atoms with Gasteiger partial charge in [-0.1, -0.05) is 48.5 Å². The van der Waals surface area contributed by atoms with Crippen molar-refractivity contribution in [3.63, 3.8) is 0 Å². The highest BCUT2D eigenvalue weighted by atomic mass is 16.3. The maximum atomic E-state index is 5.90. The second-order valence-electron chi connectivity index (χ2n) is 7.77. The van der Waals surface area contributed by atoms with Crippen LogP contribution in [-0.2, 0) is 7.05 Å². The molecule has 1 atom stereocenters. The van der Waals surface area contributed by atoms with Crippen LogP contribution in [0.4, 0.5) is 5.95 Å². The van der Waals surface area contributed by atoms with Gasteiger partial charge in [0.15, 0.2) is 0 Å². The quantitative estimate of drug-likeness (QED) is 0.385. The molecule has 5 aromatic rings. The first-order chi connectivity index (χ1) is 15.1. The predicted octanol–water partition coefficient (Wildman–Crippen LogP) is 6.05. The maximum absolute atomic E-state index is 5.90. The van der Waals surface area contributed by atoms with Crippen LogP contribution >= 0.6 is 0 Å². The number of furan rings is 1. The monoisotopic (exact) mass is 408 g/mol. The number of para-hydroxylation sites is 1. The van der Waals surface area contributed by atoms with E-state index in [-0.39, 0.29) is 6.04 Å². The van der Waals surface area contributed by atoms with Crippen molar-refractivity contribution in [1.29, 1.82) is 0 Å². The summed E-state index contributed by atoms with van der Waals surface area (Å²) in [4.78, 5) is 9.26. The molecule has 31 heavy (non-hydrogen) atoms. The Bertz CT molecular complexity index is 1320. The summed E-state index contributed by atoms with van der Waals surface area (Å²) in [6, 6.07) is 24.6. The van der Waals surface area contributed by atoms with E-state index < -0.39 is 0 Å². The lowest BCUT2D eigenvalue weighted by Crippen LogP contribution is -2.15. The number of hydrogen-bond donors (Lipinski definition) is 1. The molecule has 5 nitrogen and oxygen atoms in total. The molecule has 0 saturated heterocycles. The average molecular weight is 409 g/mol. The SMILES string of the molecule is Cc1cc(C)nc(NC(c2ccco2)c2c(-c3ccccc3)n(C)c3ccccc23)n1. The Kier molecular flexibility index (Phi) is 4.79. The van der Waals surface area contributed by atoms with E-state index in [0.717, 1.165) is 39.5 Å². The van der Waals surface area contributed by atoms with Crippen LogP contribution in [0.5, 0.6) is 0 Å². The minimum atomic E-state index is -0.252. The molecular formula is C26H24N4O. The third-order valence-corrected chi connectivity index (χ3v) is 5.57. The van der Waals surface area contributed by atoms with Crippen LogP contribution in [0.15, 0.2) is 83.5 Å². The molecule has 5 rings (SSSR count). The molecule has 5 heteroatoms. The molecule has 3 aromatic heterocycles. The topological polar surface area (TPSA) is 55.9 Å². The molecule has 0 aliphatic heterocycles. The normalized spacial score (nSPS) is 12.2. The smallest absolute Gasteiger partial charge is 0.223 e. The molecule has 0 amide bonds. The second-order valence-corrected chi connectivity index (χ2v) is 7.77. The summed E-state index contributed by atoms with van der Waals surface area (Å²) < 4.78 is 8.15. The molecule has 0 aliphatic carbocycles. The van der Waals surface area contributed by atoms with Crippen LogP contribution in [0.1, 0.15) is 28.8 Å². The van der Waals surface area contributed by atoms with E-state index in [1.807, 2.05) is 38.1 Å². The molecule has 0 fully saturated rings. The average Bonchev–Trinajstić information content (AvgIpc) is 3.39. The molecule has 2 aromatic carbocycles. The first-order valence-electron chi connectivity index (χ1n) is 10.4. The number of rotatable bonds is 5. The van der Waals surface area contributed by atoms with Crippen molar-refractivity contribution in [3.8, 4) is 11.3 Å². The van der Waals surface area contributed by atoms with Gasteiger partial charge in [0.25, 0.3) is 0 Å². The van der Waals surface area contributed by atoms with Gasteiger partial charge < -0.3 is 14.3 Å². The molecule has 0 spiro atoms. The van der Waals surface area contributed by atoms with Gasteiger partial charge in [0, 0.05) is 34.9 Å². The van der Waals surface area contributed by atoms with Gasteiger partial charge in [0.2, 0.25) is 5.95 Å². The Labute approximate surface area is 181 Å². The third kappa shape index (κ3) is 3.48. The largest absolute Gasteiger partial charge is 0.467 e. The van der Waals surface area contributed by atoms with Crippen molar-refractivity contribution in [2.75, 3.05) is 5.32 Å². The number of hydrogen-bond acceptors (Lipinski definition) is 4. The fraction of sp³-hybridized carbons (Fsp3) is 0.154. The van der Waals surface area contributed by atoms with Gasteiger partial charge in [0.1, 0.15) is 11.8 Å². The second kappa shape index (κ2) is 7.76. The maximum Gasteiger partial charge on any atom is 0.223 e. The zero-order chi connectivity index (χ0) is 21.4. The van der Waals surface area contributed by atoms with Gasteiger partial charge in [0.05, 0.1) is 12.0 Å². The first-order valence-corrected chi connectivity index (χ1v) is 10.4. The summed E-state index contributed by atoms with van der Waals surface area (Å²) in [5.41, 5.74) is 6.44. The molecular weight excluding hydrogens is 384 g/mol.